The van der Waals surface area contributed by atoms with E-state index in [-0.39, 0.29) is 5.91 Å². The van der Waals surface area contributed by atoms with Gasteiger partial charge in [-0.15, -0.1) is 0 Å². The van der Waals surface area contributed by atoms with Crippen LogP contribution in [0.15, 0.2) is 4.99 Å². The van der Waals surface area contributed by atoms with E-state index in [0.29, 0.717) is 13.1 Å². The molecule has 56 valence electrons. The van der Waals surface area contributed by atoms with Crippen LogP contribution < -0.4 is 5.32 Å². The number of hydrogen-bond donors (Lipinski definition) is 1. The van der Waals surface area contributed by atoms with E-state index in [1.165, 1.54) is 0 Å². The van der Waals surface area contributed by atoms with Crippen molar-refractivity contribution in [2.24, 2.45) is 4.99 Å². The molecule has 0 unspecified atom stereocenters. The predicted molar refractivity (Wildman–Crippen MR) is 39.0 cm³/mol. The lowest BCUT2D eigenvalue weighted by atomic mass is 10.3. The minimum absolute atomic E-state index is 0.118. The highest BCUT2D eigenvalue weighted by molar-refractivity contribution is 5.95. The number of aliphatic imine (C=N–C) groups is 1. The zero-order valence-electron chi connectivity index (χ0n) is 6.22. The van der Waals surface area contributed by atoms with Crippen molar-refractivity contribution in [3.8, 4) is 0 Å². The molecule has 0 saturated carbocycles. The van der Waals surface area contributed by atoms with Gasteiger partial charge in [0, 0.05) is 14.1 Å². The summed E-state index contributed by atoms with van der Waals surface area (Å²) in [5.74, 6) is 0.995. The SMILES string of the molecule is CN=C1CN(C)C(=O)CN1. The van der Waals surface area contributed by atoms with E-state index in [1.54, 1.807) is 19.0 Å². The summed E-state index contributed by atoms with van der Waals surface area (Å²) in [5, 5.41) is 2.91. The molecule has 4 heteroatoms. The molecule has 4 nitrogen and oxygen atoms in total. The Morgan fingerprint density at radius 2 is 2.40 bits per heavy atom. The molecule has 1 rings (SSSR count). The molecular formula is C6H11N3O. The molecular weight excluding hydrogens is 130 g/mol. The number of nitrogens with one attached hydrogen (secondary N) is 1. The van der Waals surface area contributed by atoms with Crippen LogP contribution in [-0.2, 0) is 4.79 Å². The fourth-order valence-corrected chi connectivity index (χ4v) is 0.831. The van der Waals surface area contributed by atoms with Crippen LogP contribution in [-0.4, -0.2) is 43.8 Å². The van der Waals surface area contributed by atoms with Gasteiger partial charge in [-0.25, -0.2) is 0 Å². The fourth-order valence-electron chi connectivity index (χ4n) is 0.831. The van der Waals surface area contributed by atoms with Gasteiger partial charge in [0.1, 0.15) is 5.84 Å². The highest BCUT2D eigenvalue weighted by Crippen LogP contribution is 1.90. The molecule has 1 aliphatic heterocycles. The maximum Gasteiger partial charge on any atom is 0.242 e. The van der Waals surface area contributed by atoms with Gasteiger partial charge in [0.2, 0.25) is 5.91 Å². The number of carbonyl (C=O) groups excluding carboxylic acids is 1. The van der Waals surface area contributed by atoms with Crippen molar-refractivity contribution in [2.75, 3.05) is 27.2 Å². The molecule has 1 heterocycles. The molecule has 0 bridgehead atoms. The monoisotopic (exact) mass is 141 g/mol. The van der Waals surface area contributed by atoms with Gasteiger partial charge < -0.3 is 10.2 Å². The van der Waals surface area contributed by atoms with E-state index >= 15 is 0 Å². The molecule has 0 radical (unpaired) electrons. The lowest BCUT2D eigenvalue weighted by Gasteiger charge is -2.24. The molecule has 0 atom stereocenters. The van der Waals surface area contributed by atoms with E-state index in [2.05, 4.69) is 10.3 Å². The summed E-state index contributed by atoms with van der Waals surface area (Å²) in [4.78, 5) is 16.5. The number of rotatable bonds is 0. The lowest BCUT2D eigenvalue weighted by molar-refractivity contribution is -0.128. The number of piperazine rings is 1. The second-order valence-corrected chi connectivity index (χ2v) is 2.27. The molecule has 1 aliphatic rings. The molecule has 1 amide bonds. The van der Waals surface area contributed by atoms with Crippen molar-refractivity contribution < 1.29 is 4.79 Å². The maximum absolute atomic E-state index is 10.9. The Bertz CT molecular complexity index is 176. The Hall–Kier alpha value is -1.06. The quantitative estimate of drug-likeness (QED) is 0.474. The molecule has 1 fully saturated rings. The number of likely N-dealkylation sites (N-methyl/N-ethyl adjacent to an activating group) is 1. The Balaban J connectivity index is 2.57. The van der Waals surface area contributed by atoms with E-state index in [9.17, 15) is 4.79 Å². The van der Waals surface area contributed by atoms with Crippen LogP contribution in [0.2, 0.25) is 0 Å². The van der Waals surface area contributed by atoms with E-state index < -0.39 is 0 Å². The largest absolute Gasteiger partial charge is 0.363 e. The first-order valence-corrected chi connectivity index (χ1v) is 3.17. The van der Waals surface area contributed by atoms with Crippen molar-refractivity contribution in [3.05, 3.63) is 0 Å². The van der Waals surface area contributed by atoms with Gasteiger partial charge in [-0.05, 0) is 0 Å². The normalized spacial score (nSPS) is 23.2. The van der Waals surface area contributed by atoms with Crippen molar-refractivity contribution in [3.63, 3.8) is 0 Å². The summed E-state index contributed by atoms with van der Waals surface area (Å²) in [6.45, 7) is 0.985. The molecule has 0 aromatic rings. The molecule has 0 aliphatic carbocycles. The molecule has 0 spiro atoms. The van der Waals surface area contributed by atoms with Crippen LogP contribution in [0.5, 0.6) is 0 Å². The second-order valence-electron chi connectivity index (χ2n) is 2.27. The van der Waals surface area contributed by atoms with Gasteiger partial charge in [0.25, 0.3) is 0 Å². The van der Waals surface area contributed by atoms with Crippen LogP contribution >= 0.6 is 0 Å². The molecule has 1 saturated heterocycles. The van der Waals surface area contributed by atoms with Gasteiger partial charge in [-0.2, -0.15) is 0 Å². The highest BCUT2D eigenvalue weighted by Gasteiger charge is 2.16. The summed E-state index contributed by atoms with van der Waals surface area (Å²) < 4.78 is 0. The van der Waals surface area contributed by atoms with E-state index in [1.807, 2.05) is 0 Å². The Morgan fingerprint density at radius 3 is 2.90 bits per heavy atom. The third kappa shape index (κ3) is 1.26. The van der Waals surface area contributed by atoms with Gasteiger partial charge >= 0.3 is 0 Å². The van der Waals surface area contributed by atoms with Crippen LogP contribution in [0, 0.1) is 0 Å². The van der Waals surface area contributed by atoms with Crippen LogP contribution in [0.3, 0.4) is 0 Å². The van der Waals surface area contributed by atoms with Gasteiger partial charge in [0.05, 0.1) is 13.1 Å². The van der Waals surface area contributed by atoms with E-state index in [4.69, 9.17) is 0 Å². The minimum Gasteiger partial charge on any atom is -0.363 e. The van der Waals surface area contributed by atoms with Gasteiger partial charge in [-0.1, -0.05) is 0 Å². The van der Waals surface area contributed by atoms with Crippen molar-refractivity contribution in [1.82, 2.24) is 10.2 Å². The van der Waals surface area contributed by atoms with Gasteiger partial charge in [0.15, 0.2) is 0 Å². The summed E-state index contributed by atoms with van der Waals surface area (Å²) in [5.41, 5.74) is 0. The maximum atomic E-state index is 10.9. The molecule has 1 N–H and O–H groups in total. The van der Waals surface area contributed by atoms with Crippen molar-refractivity contribution in [2.45, 2.75) is 0 Å². The third-order valence-corrected chi connectivity index (χ3v) is 1.53. The second kappa shape index (κ2) is 2.68. The standard InChI is InChI=1S/C6H11N3O/c1-7-5-4-9(2)6(10)3-8-5/h3-4H2,1-2H3,(H,7,8). The lowest BCUT2D eigenvalue weighted by Crippen LogP contribution is -2.49. The zero-order valence-corrected chi connectivity index (χ0v) is 6.22. The first kappa shape index (κ1) is 7.05. The number of amidine groups is 1. The van der Waals surface area contributed by atoms with Crippen LogP contribution in [0.4, 0.5) is 0 Å². The first-order chi connectivity index (χ1) is 4.74. The van der Waals surface area contributed by atoms with Gasteiger partial charge in [-0.3, -0.25) is 9.79 Å². The average Bonchev–Trinajstić information content (AvgIpc) is 1.95. The minimum atomic E-state index is 0.118. The number of amides is 1. The topological polar surface area (TPSA) is 44.7 Å². The molecule has 10 heavy (non-hydrogen) atoms. The first-order valence-electron chi connectivity index (χ1n) is 3.17. The average molecular weight is 141 g/mol. The summed E-state index contributed by atoms with van der Waals surface area (Å²) in [7, 11) is 3.49. The fraction of sp³-hybridized carbons (Fsp3) is 0.667. The Kier molecular flexibility index (Phi) is 1.89. The number of hydrogen-bond acceptors (Lipinski definition) is 2. The van der Waals surface area contributed by atoms with Crippen LogP contribution in [0.1, 0.15) is 0 Å². The summed E-state index contributed by atoms with van der Waals surface area (Å²) in [6, 6.07) is 0. The third-order valence-electron chi connectivity index (χ3n) is 1.53. The predicted octanol–water partition coefficient (Wildman–Crippen LogP) is -0.924. The smallest absolute Gasteiger partial charge is 0.242 e. The van der Waals surface area contributed by atoms with Crippen molar-refractivity contribution >= 4 is 11.7 Å². The Labute approximate surface area is 59.9 Å². The number of nitrogens with zero attached hydrogens (tertiary/aromatic N) is 2. The highest BCUT2D eigenvalue weighted by atomic mass is 16.2. The summed E-state index contributed by atoms with van der Waals surface area (Å²) in [6.07, 6.45) is 0. The zero-order chi connectivity index (χ0) is 7.56. The molecule has 0 aromatic carbocycles. The van der Waals surface area contributed by atoms with E-state index in [0.717, 1.165) is 5.84 Å². The van der Waals surface area contributed by atoms with Crippen molar-refractivity contribution in [1.29, 1.82) is 0 Å². The summed E-state index contributed by atoms with van der Waals surface area (Å²) >= 11 is 0. The van der Waals surface area contributed by atoms with Crippen LogP contribution in [0.25, 0.3) is 0 Å². The number of carbonyl (C=O) groups is 1. The molecule has 0 aromatic heterocycles. The Morgan fingerprint density at radius 1 is 1.70 bits per heavy atom.